The fraction of sp³-hybridized carbons (Fsp3) is 0.133. The molecule has 0 amide bonds. The lowest BCUT2D eigenvalue weighted by atomic mass is 10.1. The summed E-state index contributed by atoms with van der Waals surface area (Å²) in [5, 5.41) is 11.2. The molecule has 0 N–H and O–H groups in total. The number of aryl methyl sites for hydroxylation is 1. The van der Waals surface area contributed by atoms with Crippen molar-refractivity contribution in [2.24, 2.45) is 0 Å². The average molecular weight is 306 g/mol. The minimum Gasteiger partial charge on any atom is -0.457 e. The molecule has 2 aromatic carbocycles. The highest BCUT2D eigenvalue weighted by molar-refractivity contribution is 6.31. The van der Waals surface area contributed by atoms with E-state index in [1.165, 1.54) is 18.2 Å². The highest BCUT2D eigenvalue weighted by atomic mass is 35.5. The minimum atomic E-state index is -0.771. The molecule has 108 valence electrons. The smallest absolute Gasteiger partial charge is 0.345 e. The number of hydrogen-bond acceptors (Lipinski definition) is 4. The minimum absolute atomic E-state index is 0.0508. The summed E-state index contributed by atoms with van der Waals surface area (Å²) in [6, 6.07) is 11.2. The number of benzene rings is 2. The molecular weight excluding hydrogens is 294 g/mol. The fourth-order valence-electron chi connectivity index (χ4n) is 1.82. The van der Waals surface area contributed by atoms with Crippen LogP contribution in [0.5, 0.6) is 0 Å². The standard InChI is InChI=1S/C15H12ClNO4/c1-10-4-2-3-5-11(10)9-21-15(18)13-8-12(16)6-7-14(13)17(19)20/h2-8H,9H2,1H3. The van der Waals surface area contributed by atoms with Gasteiger partial charge < -0.3 is 4.74 Å². The van der Waals surface area contributed by atoms with Gasteiger partial charge in [0, 0.05) is 11.1 Å². The first-order valence-corrected chi connectivity index (χ1v) is 6.52. The monoisotopic (exact) mass is 305 g/mol. The van der Waals surface area contributed by atoms with Crippen molar-refractivity contribution in [2.45, 2.75) is 13.5 Å². The fourth-order valence-corrected chi connectivity index (χ4v) is 2.00. The molecule has 0 bridgehead atoms. The van der Waals surface area contributed by atoms with Crippen LogP contribution in [-0.4, -0.2) is 10.9 Å². The van der Waals surface area contributed by atoms with E-state index in [1.54, 1.807) is 0 Å². The molecule has 0 atom stereocenters. The molecule has 2 rings (SSSR count). The molecule has 0 radical (unpaired) electrons. The van der Waals surface area contributed by atoms with E-state index in [1.807, 2.05) is 31.2 Å². The number of esters is 1. The van der Waals surface area contributed by atoms with Gasteiger partial charge in [0.05, 0.1) is 4.92 Å². The van der Waals surface area contributed by atoms with E-state index in [9.17, 15) is 14.9 Å². The summed E-state index contributed by atoms with van der Waals surface area (Å²) in [6.07, 6.45) is 0. The van der Waals surface area contributed by atoms with E-state index in [-0.39, 0.29) is 22.9 Å². The van der Waals surface area contributed by atoms with Gasteiger partial charge in [0.1, 0.15) is 12.2 Å². The molecular formula is C15H12ClNO4. The Balaban J connectivity index is 2.19. The molecule has 0 heterocycles. The van der Waals surface area contributed by atoms with E-state index in [0.29, 0.717) is 0 Å². The topological polar surface area (TPSA) is 69.4 Å². The molecule has 0 saturated carbocycles. The van der Waals surface area contributed by atoms with Crippen LogP contribution in [0.25, 0.3) is 0 Å². The molecule has 0 aromatic heterocycles. The van der Waals surface area contributed by atoms with Gasteiger partial charge in [0.15, 0.2) is 0 Å². The van der Waals surface area contributed by atoms with Crippen molar-refractivity contribution in [1.29, 1.82) is 0 Å². The van der Waals surface area contributed by atoms with Crippen molar-refractivity contribution in [3.05, 3.63) is 74.3 Å². The molecule has 0 fully saturated rings. The van der Waals surface area contributed by atoms with E-state index in [2.05, 4.69) is 0 Å². The third kappa shape index (κ3) is 3.58. The van der Waals surface area contributed by atoms with Crippen molar-refractivity contribution < 1.29 is 14.5 Å². The van der Waals surface area contributed by atoms with Gasteiger partial charge in [-0.3, -0.25) is 10.1 Å². The Morgan fingerprint density at radius 2 is 2.00 bits per heavy atom. The SMILES string of the molecule is Cc1ccccc1COC(=O)c1cc(Cl)ccc1[N+](=O)[O-]. The van der Waals surface area contributed by atoms with Crippen LogP contribution in [0.2, 0.25) is 5.02 Å². The lowest BCUT2D eigenvalue weighted by molar-refractivity contribution is -0.385. The van der Waals surface area contributed by atoms with Crippen LogP contribution in [0, 0.1) is 17.0 Å². The van der Waals surface area contributed by atoms with Gasteiger partial charge in [-0.1, -0.05) is 35.9 Å². The van der Waals surface area contributed by atoms with Crippen LogP contribution in [0.4, 0.5) is 5.69 Å². The van der Waals surface area contributed by atoms with Gasteiger partial charge in [-0.15, -0.1) is 0 Å². The first kappa shape index (κ1) is 15.0. The number of halogens is 1. The summed E-state index contributed by atoms with van der Waals surface area (Å²) < 4.78 is 5.14. The molecule has 0 spiro atoms. The van der Waals surface area contributed by atoms with Crippen LogP contribution < -0.4 is 0 Å². The van der Waals surface area contributed by atoms with Crippen LogP contribution >= 0.6 is 11.6 Å². The number of nitrogens with zero attached hydrogens (tertiary/aromatic N) is 1. The quantitative estimate of drug-likeness (QED) is 0.488. The maximum atomic E-state index is 12.0. The second-order valence-electron chi connectivity index (χ2n) is 4.42. The summed E-state index contributed by atoms with van der Waals surface area (Å²) in [5.74, 6) is -0.771. The van der Waals surface area contributed by atoms with Crippen molar-refractivity contribution in [2.75, 3.05) is 0 Å². The maximum absolute atomic E-state index is 12.0. The zero-order valence-electron chi connectivity index (χ0n) is 11.2. The summed E-state index contributed by atoms with van der Waals surface area (Å²) in [5.41, 5.74) is 1.34. The highest BCUT2D eigenvalue weighted by Gasteiger charge is 2.21. The number of carbonyl (C=O) groups excluding carboxylic acids is 1. The van der Waals surface area contributed by atoms with Crippen LogP contribution in [0.15, 0.2) is 42.5 Å². The normalized spacial score (nSPS) is 10.2. The molecule has 0 aliphatic rings. The van der Waals surface area contributed by atoms with Gasteiger partial charge in [-0.25, -0.2) is 4.79 Å². The number of carbonyl (C=O) groups is 1. The molecule has 21 heavy (non-hydrogen) atoms. The Bertz CT molecular complexity index is 700. The predicted molar refractivity (Wildman–Crippen MR) is 78.4 cm³/mol. The number of ether oxygens (including phenoxy) is 1. The van der Waals surface area contributed by atoms with Crippen LogP contribution in [0.1, 0.15) is 21.5 Å². The first-order chi connectivity index (χ1) is 9.99. The molecule has 0 saturated heterocycles. The van der Waals surface area contributed by atoms with Gasteiger partial charge in [-0.2, -0.15) is 0 Å². The zero-order chi connectivity index (χ0) is 15.4. The van der Waals surface area contributed by atoms with Crippen molar-refractivity contribution in [3.8, 4) is 0 Å². The number of nitro benzene ring substituents is 1. The molecule has 0 aliphatic carbocycles. The molecule has 5 nitrogen and oxygen atoms in total. The van der Waals surface area contributed by atoms with Crippen molar-refractivity contribution in [3.63, 3.8) is 0 Å². The Morgan fingerprint density at radius 3 is 2.67 bits per heavy atom. The van der Waals surface area contributed by atoms with Crippen LogP contribution in [0.3, 0.4) is 0 Å². The summed E-state index contributed by atoms with van der Waals surface area (Å²) >= 11 is 5.78. The Hall–Kier alpha value is -2.40. The first-order valence-electron chi connectivity index (χ1n) is 6.14. The second-order valence-corrected chi connectivity index (χ2v) is 4.86. The van der Waals surface area contributed by atoms with Gasteiger partial charge in [-0.05, 0) is 30.2 Å². The summed E-state index contributed by atoms with van der Waals surface area (Å²) in [4.78, 5) is 22.3. The third-order valence-electron chi connectivity index (χ3n) is 3.00. The van der Waals surface area contributed by atoms with Gasteiger partial charge >= 0.3 is 5.97 Å². The zero-order valence-corrected chi connectivity index (χ0v) is 12.0. The van der Waals surface area contributed by atoms with Crippen molar-refractivity contribution >= 4 is 23.3 Å². The molecule has 0 unspecified atom stereocenters. The largest absolute Gasteiger partial charge is 0.457 e. The van der Waals surface area contributed by atoms with E-state index < -0.39 is 10.9 Å². The Morgan fingerprint density at radius 1 is 1.29 bits per heavy atom. The van der Waals surface area contributed by atoms with Gasteiger partial charge in [0.25, 0.3) is 5.69 Å². The molecule has 6 heteroatoms. The third-order valence-corrected chi connectivity index (χ3v) is 3.23. The Labute approximate surface area is 126 Å². The lowest BCUT2D eigenvalue weighted by Crippen LogP contribution is -2.08. The number of hydrogen-bond donors (Lipinski definition) is 0. The highest BCUT2D eigenvalue weighted by Crippen LogP contribution is 2.24. The summed E-state index contributed by atoms with van der Waals surface area (Å²) in [7, 11) is 0. The summed E-state index contributed by atoms with van der Waals surface area (Å²) in [6.45, 7) is 1.94. The molecule has 0 aliphatic heterocycles. The van der Waals surface area contributed by atoms with Crippen molar-refractivity contribution in [1.82, 2.24) is 0 Å². The van der Waals surface area contributed by atoms with Gasteiger partial charge in [0.2, 0.25) is 0 Å². The van der Waals surface area contributed by atoms with E-state index in [4.69, 9.17) is 16.3 Å². The lowest BCUT2D eigenvalue weighted by Gasteiger charge is -2.08. The van der Waals surface area contributed by atoms with E-state index >= 15 is 0 Å². The predicted octanol–water partition coefficient (Wildman–Crippen LogP) is 3.91. The number of rotatable bonds is 4. The second kappa shape index (κ2) is 6.37. The number of nitro groups is 1. The van der Waals surface area contributed by atoms with E-state index in [0.717, 1.165) is 11.1 Å². The maximum Gasteiger partial charge on any atom is 0.345 e. The molecule has 2 aromatic rings. The van der Waals surface area contributed by atoms with Crippen LogP contribution in [-0.2, 0) is 11.3 Å². The Kier molecular flexibility index (Phi) is 4.55. The average Bonchev–Trinajstić information content (AvgIpc) is 2.45.